The molecule has 0 aliphatic carbocycles. The largest absolute Gasteiger partial charge is 0.478 e. The van der Waals surface area contributed by atoms with Crippen molar-refractivity contribution in [1.29, 1.82) is 0 Å². The molecular formula is C21H24N4O2. The van der Waals surface area contributed by atoms with Crippen molar-refractivity contribution in [2.24, 2.45) is 5.92 Å². The molecule has 140 valence electrons. The van der Waals surface area contributed by atoms with Crippen molar-refractivity contribution in [2.45, 2.75) is 25.9 Å². The fourth-order valence-electron chi connectivity index (χ4n) is 3.80. The first-order valence-corrected chi connectivity index (χ1v) is 9.34. The number of anilines is 1. The predicted octanol–water partition coefficient (Wildman–Crippen LogP) is 3.36. The average molecular weight is 364 g/mol. The topological polar surface area (TPSA) is 69.9 Å². The Morgan fingerprint density at radius 3 is 2.85 bits per heavy atom. The molecule has 1 fully saturated rings. The molecule has 0 bridgehead atoms. The molecule has 6 nitrogen and oxygen atoms in total. The Bertz CT molecular complexity index is 938. The number of nitrogens with one attached hydrogen (secondary N) is 1. The van der Waals surface area contributed by atoms with Crippen LogP contribution in [0.1, 0.15) is 29.3 Å². The molecule has 2 atom stereocenters. The first-order chi connectivity index (χ1) is 13.1. The highest BCUT2D eigenvalue weighted by Gasteiger charge is 2.28. The molecule has 0 spiro atoms. The molecule has 0 saturated carbocycles. The van der Waals surface area contributed by atoms with Crippen LogP contribution in [-0.4, -0.2) is 44.7 Å². The van der Waals surface area contributed by atoms with Crippen LogP contribution in [0.4, 0.5) is 5.69 Å². The van der Waals surface area contributed by atoms with Crippen LogP contribution >= 0.6 is 0 Å². The van der Waals surface area contributed by atoms with Gasteiger partial charge in [-0.15, -0.1) is 0 Å². The number of aromatic carboxylic acids is 1. The van der Waals surface area contributed by atoms with Crippen LogP contribution in [-0.2, 0) is 6.54 Å². The second kappa shape index (κ2) is 7.40. The van der Waals surface area contributed by atoms with Crippen LogP contribution < -0.4 is 5.32 Å². The third-order valence-electron chi connectivity index (χ3n) is 5.42. The molecule has 27 heavy (non-hydrogen) atoms. The van der Waals surface area contributed by atoms with E-state index in [2.05, 4.69) is 46.5 Å². The number of piperidine rings is 1. The molecular weight excluding hydrogens is 340 g/mol. The van der Waals surface area contributed by atoms with Crippen molar-refractivity contribution in [2.75, 3.05) is 18.4 Å². The highest BCUT2D eigenvalue weighted by atomic mass is 16.4. The number of carbonyl (C=O) groups is 1. The average Bonchev–Trinajstić information content (AvgIpc) is 3.14. The van der Waals surface area contributed by atoms with Gasteiger partial charge in [-0.25, -0.2) is 9.31 Å². The van der Waals surface area contributed by atoms with Crippen LogP contribution in [0.25, 0.3) is 5.52 Å². The van der Waals surface area contributed by atoms with Gasteiger partial charge in [-0.2, -0.15) is 5.10 Å². The normalized spacial score (nSPS) is 20.6. The van der Waals surface area contributed by atoms with Crippen molar-refractivity contribution in [1.82, 2.24) is 14.5 Å². The maximum Gasteiger partial charge on any atom is 0.339 e. The van der Waals surface area contributed by atoms with Crippen molar-refractivity contribution >= 4 is 17.2 Å². The number of benzene rings is 1. The van der Waals surface area contributed by atoms with E-state index in [-0.39, 0.29) is 11.6 Å². The molecule has 4 rings (SSSR count). The van der Waals surface area contributed by atoms with Crippen LogP contribution in [0, 0.1) is 5.92 Å². The zero-order chi connectivity index (χ0) is 18.8. The molecule has 3 aromatic rings. The third kappa shape index (κ3) is 3.66. The van der Waals surface area contributed by atoms with Crippen molar-refractivity contribution in [3.63, 3.8) is 0 Å². The Morgan fingerprint density at radius 2 is 2.07 bits per heavy atom. The molecule has 1 aliphatic rings. The second-order valence-electron chi connectivity index (χ2n) is 7.31. The van der Waals surface area contributed by atoms with Crippen molar-refractivity contribution < 1.29 is 9.90 Å². The minimum absolute atomic E-state index is 0.182. The Morgan fingerprint density at radius 1 is 1.26 bits per heavy atom. The van der Waals surface area contributed by atoms with E-state index in [4.69, 9.17) is 0 Å². The molecule has 2 unspecified atom stereocenters. The lowest BCUT2D eigenvalue weighted by Gasteiger charge is -2.38. The molecule has 0 amide bonds. The lowest BCUT2D eigenvalue weighted by molar-refractivity contribution is 0.0697. The van der Waals surface area contributed by atoms with Gasteiger partial charge in [-0.05, 0) is 36.6 Å². The van der Waals surface area contributed by atoms with Crippen molar-refractivity contribution in [3.8, 4) is 0 Å². The molecule has 2 aromatic heterocycles. The predicted molar refractivity (Wildman–Crippen MR) is 105 cm³/mol. The molecule has 3 heterocycles. The summed E-state index contributed by atoms with van der Waals surface area (Å²) < 4.78 is 1.71. The molecule has 1 aromatic carbocycles. The summed E-state index contributed by atoms with van der Waals surface area (Å²) >= 11 is 0. The van der Waals surface area contributed by atoms with Crippen LogP contribution in [0.3, 0.4) is 0 Å². The summed E-state index contributed by atoms with van der Waals surface area (Å²) in [6.07, 6.45) is 4.33. The van der Waals surface area contributed by atoms with Crippen LogP contribution in [0.5, 0.6) is 0 Å². The Labute approximate surface area is 158 Å². The standard InChI is InChI=1S/C21H24N4O2/c1-15-9-11-24(13-16-6-3-2-4-7-16)14-18(15)23-20-17(21(26)27)12-22-25-10-5-8-19(20)25/h2-8,10,12,15,18,23H,9,11,13-14H2,1H3,(H,26,27). The van der Waals surface area contributed by atoms with E-state index < -0.39 is 5.97 Å². The van der Waals surface area contributed by atoms with E-state index in [1.165, 1.54) is 11.8 Å². The molecule has 1 saturated heterocycles. The Hall–Kier alpha value is -2.86. The highest BCUT2D eigenvalue weighted by Crippen LogP contribution is 2.27. The highest BCUT2D eigenvalue weighted by molar-refractivity contribution is 5.98. The summed E-state index contributed by atoms with van der Waals surface area (Å²) in [6, 6.07) is 14.4. The SMILES string of the molecule is CC1CCN(Cc2ccccc2)CC1Nc1c(C(=O)O)cnn2cccc12. The van der Waals surface area contributed by atoms with E-state index in [9.17, 15) is 9.90 Å². The van der Waals surface area contributed by atoms with Gasteiger partial charge in [0.2, 0.25) is 0 Å². The van der Waals surface area contributed by atoms with E-state index in [1.54, 1.807) is 4.52 Å². The van der Waals surface area contributed by atoms with Crippen LogP contribution in [0.15, 0.2) is 54.9 Å². The third-order valence-corrected chi connectivity index (χ3v) is 5.42. The lowest BCUT2D eigenvalue weighted by Crippen LogP contribution is -2.46. The molecule has 6 heteroatoms. The summed E-state index contributed by atoms with van der Waals surface area (Å²) in [5.41, 5.74) is 2.96. The summed E-state index contributed by atoms with van der Waals surface area (Å²) in [7, 11) is 0. The maximum absolute atomic E-state index is 11.7. The quantitative estimate of drug-likeness (QED) is 0.726. The Balaban J connectivity index is 1.57. The minimum Gasteiger partial charge on any atom is -0.478 e. The smallest absolute Gasteiger partial charge is 0.339 e. The summed E-state index contributed by atoms with van der Waals surface area (Å²) in [5.74, 6) is -0.500. The van der Waals surface area contributed by atoms with Crippen LogP contribution in [0.2, 0.25) is 0 Å². The van der Waals surface area contributed by atoms with Gasteiger partial charge in [-0.1, -0.05) is 37.3 Å². The van der Waals surface area contributed by atoms with Gasteiger partial charge in [0.1, 0.15) is 5.56 Å². The summed E-state index contributed by atoms with van der Waals surface area (Å²) in [4.78, 5) is 14.2. The number of carboxylic acids is 1. The Kier molecular flexibility index (Phi) is 4.81. The number of fused-ring (bicyclic) bond motifs is 1. The first kappa shape index (κ1) is 17.5. The lowest BCUT2D eigenvalue weighted by atomic mass is 9.92. The van der Waals surface area contributed by atoms with E-state index in [1.807, 2.05) is 24.4 Å². The van der Waals surface area contributed by atoms with Gasteiger partial charge < -0.3 is 10.4 Å². The van der Waals surface area contributed by atoms with Gasteiger partial charge in [0.15, 0.2) is 0 Å². The summed E-state index contributed by atoms with van der Waals surface area (Å²) in [5, 5.41) is 17.3. The van der Waals surface area contributed by atoms with E-state index >= 15 is 0 Å². The monoisotopic (exact) mass is 364 g/mol. The number of aromatic nitrogens is 2. The van der Waals surface area contributed by atoms with Gasteiger partial charge in [0.05, 0.1) is 17.4 Å². The number of hydrogen-bond donors (Lipinski definition) is 2. The van der Waals surface area contributed by atoms with Crippen molar-refractivity contribution in [3.05, 3.63) is 66.0 Å². The molecule has 0 radical (unpaired) electrons. The number of likely N-dealkylation sites (tertiary alicyclic amines) is 1. The first-order valence-electron chi connectivity index (χ1n) is 9.34. The van der Waals surface area contributed by atoms with Gasteiger partial charge in [0.25, 0.3) is 0 Å². The number of rotatable bonds is 5. The fourth-order valence-corrected chi connectivity index (χ4v) is 3.80. The number of nitrogens with zero attached hydrogens (tertiary/aromatic N) is 3. The van der Waals surface area contributed by atoms with E-state index in [0.717, 1.165) is 31.6 Å². The molecule has 1 aliphatic heterocycles. The van der Waals surface area contributed by atoms with Gasteiger partial charge >= 0.3 is 5.97 Å². The molecule has 2 N–H and O–H groups in total. The maximum atomic E-state index is 11.7. The summed E-state index contributed by atoms with van der Waals surface area (Å²) in [6.45, 7) is 5.07. The minimum atomic E-state index is -0.960. The van der Waals surface area contributed by atoms with Gasteiger partial charge in [0, 0.05) is 25.3 Å². The zero-order valence-electron chi connectivity index (χ0n) is 15.4. The number of carboxylic acid groups (broad SMARTS) is 1. The van der Waals surface area contributed by atoms with E-state index in [0.29, 0.717) is 11.6 Å². The number of hydrogen-bond acceptors (Lipinski definition) is 4. The fraction of sp³-hybridized carbons (Fsp3) is 0.333. The second-order valence-corrected chi connectivity index (χ2v) is 7.31. The zero-order valence-corrected chi connectivity index (χ0v) is 15.4. The van der Waals surface area contributed by atoms with Gasteiger partial charge in [-0.3, -0.25) is 4.90 Å².